The van der Waals surface area contributed by atoms with E-state index in [1.807, 2.05) is 30.0 Å². The van der Waals surface area contributed by atoms with Crippen molar-refractivity contribution in [2.45, 2.75) is 6.54 Å². The van der Waals surface area contributed by atoms with Gasteiger partial charge in [-0.25, -0.2) is 0 Å². The minimum absolute atomic E-state index is 0.638. The minimum atomic E-state index is 0.638. The van der Waals surface area contributed by atoms with Crippen LogP contribution in [0.15, 0.2) is 30.9 Å². The van der Waals surface area contributed by atoms with Crippen LogP contribution in [0.25, 0.3) is 0 Å². The standard InChI is InChI=1S/C14H19NO2S/c1-2-9-18-10-6-15-11-12-4-3-5-13-14(12)17-8-7-16-13/h2-5,15H,1,6-11H2. The molecule has 4 heteroatoms. The number of hydrogen-bond donors (Lipinski definition) is 1. The number of nitrogens with one attached hydrogen (secondary N) is 1. The lowest BCUT2D eigenvalue weighted by Gasteiger charge is -2.21. The maximum absolute atomic E-state index is 5.67. The van der Waals surface area contributed by atoms with E-state index in [2.05, 4.69) is 18.0 Å². The molecule has 0 saturated heterocycles. The van der Waals surface area contributed by atoms with Gasteiger partial charge in [-0.1, -0.05) is 18.2 Å². The second kappa shape index (κ2) is 7.34. The van der Waals surface area contributed by atoms with Gasteiger partial charge in [0.05, 0.1) is 0 Å². The van der Waals surface area contributed by atoms with Crippen molar-refractivity contribution in [3.8, 4) is 11.5 Å². The third kappa shape index (κ3) is 3.68. The van der Waals surface area contributed by atoms with Gasteiger partial charge in [0.15, 0.2) is 11.5 Å². The van der Waals surface area contributed by atoms with E-state index in [1.54, 1.807) is 0 Å². The van der Waals surface area contributed by atoms with Crippen LogP contribution in [0, 0.1) is 0 Å². The van der Waals surface area contributed by atoms with Crippen LogP contribution < -0.4 is 14.8 Å². The highest BCUT2D eigenvalue weighted by Crippen LogP contribution is 2.33. The van der Waals surface area contributed by atoms with Gasteiger partial charge in [0.25, 0.3) is 0 Å². The minimum Gasteiger partial charge on any atom is -0.486 e. The third-order valence-corrected chi connectivity index (χ3v) is 3.59. The molecule has 0 atom stereocenters. The lowest BCUT2D eigenvalue weighted by molar-refractivity contribution is 0.169. The Labute approximate surface area is 113 Å². The van der Waals surface area contributed by atoms with Crippen molar-refractivity contribution in [2.24, 2.45) is 0 Å². The summed E-state index contributed by atoms with van der Waals surface area (Å²) in [4.78, 5) is 0. The molecule has 3 nitrogen and oxygen atoms in total. The van der Waals surface area contributed by atoms with Gasteiger partial charge < -0.3 is 14.8 Å². The van der Waals surface area contributed by atoms with Crippen LogP contribution in [0.4, 0.5) is 0 Å². The summed E-state index contributed by atoms with van der Waals surface area (Å²) in [5, 5.41) is 3.42. The van der Waals surface area contributed by atoms with Crippen molar-refractivity contribution in [2.75, 3.05) is 31.3 Å². The van der Waals surface area contributed by atoms with Gasteiger partial charge in [-0.3, -0.25) is 0 Å². The molecule has 98 valence electrons. The van der Waals surface area contributed by atoms with Crippen LogP contribution >= 0.6 is 11.8 Å². The van der Waals surface area contributed by atoms with Crippen molar-refractivity contribution in [1.82, 2.24) is 5.32 Å². The molecular weight excluding hydrogens is 246 g/mol. The summed E-state index contributed by atoms with van der Waals surface area (Å²) in [6.45, 7) is 6.79. The molecule has 0 aromatic heterocycles. The Balaban J connectivity index is 1.80. The highest BCUT2D eigenvalue weighted by Gasteiger charge is 2.14. The molecule has 0 unspecified atom stereocenters. The third-order valence-electron chi connectivity index (χ3n) is 2.62. The molecule has 2 rings (SSSR count). The Morgan fingerprint density at radius 1 is 1.33 bits per heavy atom. The van der Waals surface area contributed by atoms with Gasteiger partial charge in [0.1, 0.15) is 13.2 Å². The fourth-order valence-electron chi connectivity index (χ4n) is 1.81. The number of thioether (sulfide) groups is 1. The lowest BCUT2D eigenvalue weighted by atomic mass is 10.1. The highest BCUT2D eigenvalue weighted by molar-refractivity contribution is 7.99. The molecule has 1 aromatic rings. The van der Waals surface area contributed by atoms with Crippen LogP contribution in [0.2, 0.25) is 0 Å². The quantitative estimate of drug-likeness (QED) is 0.606. The number of hydrogen-bond acceptors (Lipinski definition) is 4. The van der Waals surface area contributed by atoms with Crippen molar-refractivity contribution in [3.63, 3.8) is 0 Å². The zero-order chi connectivity index (χ0) is 12.6. The Hall–Kier alpha value is -1.13. The summed E-state index contributed by atoms with van der Waals surface area (Å²) in [6, 6.07) is 6.05. The molecular formula is C14H19NO2S. The SMILES string of the molecule is C=CCSCCNCc1cccc2c1OCCO2. The van der Waals surface area contributed by atoms with E-state index >= 15 is 0 Å². The number of benzene rings is 1. The number of fused-ring (bicyclic) bond motifs is 1. The van der Waals surface area contributed by atoms with Gasteiger partial charge in [-0.15, -0.1) is 6.58 Å². The first-order valence-electron chi connectivity index (χ1n) is 6.18. The van der Waals surface area contributed by atoms with Crippen LogP contribution in [0.5, 0.6) is 11.5 Å². The fraction of sp³-hybridized carbons (Fsp3) is 0.429. The van der Waals surface area contributed by atoms with E-state index in [1.165, 1.54) is 5.56 Å². The first-order chi connectivity index (χ1) is 8.92. The lowest BCUT2D eigenvalue weighted by Crippen LogP contribution is -2.20. The number of rotatable bonds is 7. The molecule has 1 heterocycles. The summed E-state index contributed by atoms with van der Waals surface area (Å²) in [6.07, 6.45) is 1.93. The molecule has 0 radical (unpaired) electrons. The fourth-order valence-corrected chi connectivity index (χ4v) is 2.43. The van der Waals surface area contributed by atoms with Gasteiger partial charge >= 0.3 is 0 Å². The average molecular weight is 265 g/mol. The van der Waals surface area contributed by atoms with Crippen molar-refractivity contribution < 1.29 is 9.47 Å². The predicted octanol–water partition coefficient (Wildman–Crippen LogP) is 2.47. The smallest absolute Gasteiger partial charge is 0.165 e. The summed E-state index contributed by atoms with van der Waals surface area (Å²) in [5.74, 6) is 3.87. The highest BCUT2D eigenvalue weighted by atomic mass is 32.2. The number of ether oxygens (including phenoxy) is 2. The molecule has 0 spiro atoms. The van der Waals surface area contributed by atoms with Crippen LogP contribution in [0.3, 0.4) is 0 Å². The maximum atomic E-state index is 5.67. The Morgan fingerprint density at radius 2 is 2.22 bits per heavy atom. The van der Waals surface area contributed by atoms with E-state index in [-0.39, 0.29) is 0 Å². The molecule has 18 heavy (non-hydrogen) atoms. The van der Waals surface area contributed by atoms with E-state index in [0.717, 1.165) is 36.1 Å². The van der Waals surface area contributed by atoms with Gasteiger partial charge in [-0.2, -0.15) is 11.8 Å². The Bertz CT molecular complexity index is 395. The maximum Gasteiger partial charge on any atom is 0.165 e. The summed E-state index contributed by atoms with van der Waals surface area (Å²) in [5.41, 5.74) is 1.17. The number of para-hydroxylation sites is 1. The Morgan fingerprint density at radius 3 is 3.11 bits per heavy atom. The molecule has 1 aliphatic rings. The van der Waals surface area contributed by atoms with Crippen molar-refractivity contribution in [1.29, 1.82) is 0 Å². The second-order valence-corrected chi connectivity index (χ2v) is 5.13. The molecule has 1 N–H and O–H groups in total. The largest absolute Gasteiger partial charge is 0.486 e. The Kier molecular flexibility index (Phi) is 5.42. The van der Waals surface area contributed by atoms with E-state index in [9.17, 15) is 0 Å². The van der Waals surface area contributed by atoms with Crippen LogP contribution in [0.1, 0.15) is 5.56 Å². The first-order valence-corrected chi connectivity index (χ1v) is 7.34. The summed E-state index contributed by atoms with van der Waals surface area (Å²) in [7, 11) is 0. The molecule has 0 fully saturated rings. The summed E-state index contributed by atoms with van der Waals surface area (Å²) < 4.78 is 11.2. The second-order valence-electron chi connectivity index (χ2n) is 3.98. The van der Waals surface area contributed by atoms with Crippen molar-refractivity contribution in [3.05, 3.63) is 36.4 Å². The molecule has 1 aliphatic heterocycles. The first kappa shape index (κ1) is 13.3. The topological polar surface area (TPSA) is 30.5 Å². The normalized spacial score (nSPS) is 13.3. The molecule has 0 bridgehead atoms. The molecule has 0 aliphatic carbocycles. The van der Waals surface area contributed by atoms with Crippen molar-refractivity contribution >= 4 is 11.8 Å². The average Bonchev–Trinajstić information content (AvgIpc) is 2.43. The molecule has 1 aromatic carbocycles. The van der Waals surface area contributed by atoms with E-state index in [4.69, 9.17) is 9.47 Å². The monoisotopic (exact) mass is 265 g/mol. The van der Waals surface area contributed by atoms with Gasteiger partial charge in [0, 0.05) is 30.2 Å². The van der Waals surface area contributed by atoms with E-state index < -0.39 is 0 Å². The molecule has 0 amide bonds. The zero-order valence-electron chi connectivity index (χ0n) is 10.5. The zero-order valence-corrected chi connectivity index (χ0v) is 11.3. The molecule has 0 saturated carbocycles. The predicted molar refractivity (Wildman–Crippen MR) is 76.7 cm³/mol. The van der Waals surface area contributed by atoms with Crippen LogP contribution in [-0.4, -0.2) is 31.3 Å². The van der Waals surface area contributed by atoms with Gasteiger partial charge in [0.2, 0.25) is 0 Å². The summed E-state index contributed by atoms with van der Waals surface area (Å²) >= 11 is 1.88. The van der Waals surface area contributed by atoms with E-state index in [0.29, 0.717) is 13.2 Å². The van der Waals surface area contributed by atoms with Crippen LogP contribution in [-0.2, 0) is 6.54 Å². The van der Waals surface area contributed by atoms with Gasteiger partial charge in [-0.05, 0) is 6.07 Å².